The van der Waals surface area contributed by atoms with Crippen LogP contribution in [0, 0.1) is 11.8 Å². The minimum atomic E-state index is -0.503. The number of likely N-dealkylation sites (tertiary alicyclic amines) is 1. The lowest BCUT2D eigenvalue weighted by molar-refractivity contribution is -0.146. The quantitative estimate of drug-likeness (QED) is 0.922. The third-order valence-corrected chi connectivity index (χ3v) is 5.19. The van der Waals surface area contributed by atoms with Gasteiger partial charge in [0.1, 0.15) is 0 Å². The molecule has 2 aliphatic rings. The number of hydrogen-bond donors (Lipinski definition) is 1. The van der Waals surface area contributed by atoms with E-state index in [4.69, 9.17) is 4.74 Å². The molecule has 3 unspecified atom stereocenters. The maximum Gasteiger partial charge on any atom is 0.256 e. The van der Waals surface area contributed by atoms with Gasteiger partial charge in [0.15, 0.2) is 6.10 Å². The molecule has 21 heavy (non-hydrogen) atoms. The molecule has 0 aliphatic carbocycles. The van der Waals surface area contributed by atoms with Gasteiger partial charge in [-0.05, 0) is 31.2 Å². The van der Waals surface area contributed by atoms with Crippen LogP contribution in [0.1, 0.15) is 25.5 Å². The molecule has 0 spiro atoms. The summed E-state index contributed by atoms with van der Waals surface area (Å²) in [5.41, 5.74) is 0.813. The Labute approximate surface area is 126 Å². The lowest BCUT2D eigenvalue weighted by atomic mass is 9.84. The number of nitrogens with one attached hydrogen (secondary N) is 1. The number of ether oxygens (including phenoxy) is 1. The molecule has 0 saturated carbocycles. The maximum atomic E-state index is 13.0. The van der Waals surface area contributed by atoms with Crippen molar-refractivity contribution in [1.82, 2.24) is 10.2 Å². The lowest BCUT2D eigenvalue weighted by Crippen LogP contribution is -2.49. The summed E-state index contributed by atoms with van der Waals surface area (Å²) in [5, 5.41) is 3.45. The van der Waals surface area contributed by atoms with Crippen LogP contribution >= 0.6 is 0 Å². The summed E-state index contributed by atoms with van der Waals surface area (Å²) < 4.78 is 5.52. The predicted octanol–water partition coefficient (Wildman–Crippen LogP) is 1.83. The van der Waals surface area contributed by atoms with Gasteiger partial charge in [-0.2, -0.15) is 0 Å². The Morgan fingerprint density at radius 2 is 2.05 bits per heavy atom. The van der Waals surface area contributed by atoms with Crippen molar-refractivity contribution >= 4 is 5.91 Å². The van der Waals surface area contributed by atoms with E-state index in [0.717, 1.165) is 25.2 Å². The molecule has 1 amide bonds. The summed E-state index contributed by atoms with van der Waals surface area (Å²) >= 11 is 0. The van der Waals surface area contributed by atoms with E-state index in [2.05, 4.69) is 19.2 Å². The summed E-state index contributed by atoms with van der Waals surface area (Å²) in [6.07, 6.45) is -0.503. The largest absolute Gasteiger partial charge is 0.367 e. The monoisotopic (exact) mass is 288 g/mol. The highest BCUT2D eigenvalue weighted by molar-refractivity contribution is 5.83. The van der Waals surface area contributed by atoms with Crippen molar-refractivity contribution in [3.05, 3.63) is 35.9 Å². The first kappa shape index (κ1) is 14.5. The van der Waals surface area contributed by atoms with Crippen molar-refractivity contribution < 1.29 is 9.53 Å². The zero-order valence-corrected chi connectivity index (χ0v) is 13.0. The minimum absolute atomic E-state index is 0.0862. The molecule has 1 aromatic rings. The van der Waals surface area contributed by atoms with E-state index in [1.807, 2.05) is 35.2 Å². The molecule has 114 valence electrons. The molecule has 1 N–H and O–H groups in total. The van der Waals surface area contributed by atoms with E-state index >= 15 is 0 Å². The first-order chi connectivity index (χ1) is 10.1. The number of fused-ring (bicyclic) bond motifs is 1. The lowest BCUT2D eigenvalue weighted by Gasteiger charge is -2.37. The van der Waals surface area contributed by atoms with Gasteiger partial charge in [0.2, 0.25) is 0 Å². The Morgan fingerprint density at radius 1 is 1.33 bits per heavy atom. The van der Waals surface area contributed by atoms with E-state index in [1.54, 1.807) is 7.11 Å². The van der Waals surface area contributed by atoms with Gasteiger partial charge < -0.3 is 15.0 Å². The second kappa shape index (κ2) is 5.43. The maximum absolute atomic E-state index is 13.0. The Morgan fingerprint density at radius 3 is 2.67 bits per heavy atom. The zero-order chi connectivity index (χ0) is 15.0. The summed E-state index contributed by atoms with van der Waals surface area (Å²) in [6, 6.07) is 9.76. The number of hydrogen-bond acceptors (Lipinski definition) is 3. The van der Waals surface area contributed by atoms with Crippen LogP contribution in [0.25, 0.3) is 0 Å². The third-order valence-electron chi connectivity index (χ3n) is 5.19. The molecule has 4 heteroatoms. The van der Waals surface area contributed by atoms with E-state index < -0.39 is 6.10 Å². The van der Waals surface area contributed by atoms with Crippen LogP contribution in [0.4, 0.5) is 0 Å². The highest BCUT2D eigenvalue weighted by atomic mass is 16.5. The van der Waals surface area contributed by atoms with Crippen molar-refractivity contribution in [2.45, 2.75) is 25.5 Å². The van der Waals surface area contributed by atoms with Crippen LogP contribution in [0.3, 0.4) is 0 Å². The topological polar surface area (TPSA) is 41.6 Å². The Kier molecular flexibility index (Phi) is 3.76. The van der Waals surface area contributed by atoms with Gasteiger partial charge in [0.25, 0.3) is 5.91 Å². The first-order valence-corrected chi connectivity index (χ1v) is 7.65. The molecular formula is C17H24N2O2. The number of methoxy groups -OCH3 is 1. The fourth-order valence-electron chi connectivity index (χ4n) is 3.94. The molecular weight excluding hydrogens is 264 g/mol. The molecule has 2 saturated heterocycles. The summed E-state index contributed by atoms with van der Waals surface area (Å²) in [7, 11) is 1.61. The number of carbonyl (C=O) groups excluding carboxylic acids is 1. The standard InChI is InChI=1S/C17H24N2O2/c1-17(2)14-10-18-9-13(14)11-19(17)16(20)15(21-3)12-7-5-4-6-8-12/h4-8,13-15,18H,9-11H2,1-3H3. The molecule has 2 aliphatic heterocycles. The number of rotatable bonds is 3. The zero-order valence-electron chi connectivity index (χ0n) is 13.0. The van der Waals surface area contributed by atoms with Crippen LogP contribution < -0.4 is 5.32 Å². The molecule has 1 aromatic carbocycles. The molecule has 3 atom stereocenters. The van der Waals surface area contributed by atoms with Gasteiger partial charge >= 0.3 is 0 Å². The summed E-state index contributed by atoms with van der Waals surface area (Å²) in [4.78, 5) is 15.0. The van der Waals surface area contributed by atoms with Gasteiger partial charge in [0.05, 0.1) is 0 Å². The molecule has 2 fully saturated rings. The average molecular weight is 288 g/mol. The highest BCUT2D eigenvalue weighted by Gasteiger charge is 2.52. The molecule has 0 aromatic heterocycles. The number of carbonyl (C=O) groups is 1. The Balaban J connectivity index is 1.84. The molecule has 0 radical (unpaired) electrons. The summed E-state index contributed by atoms with van der Waals surface area (Å²) in [5.74, 6) is 1.19. The van der Waals surface area contributed by atoms with E-state index in [9.17, 15) is 4.79 Å². The fraction of sp³-hybridized carbons (Fsp3) is 0.588. The normalized spacial score (nSPS) is 28.4. The SMILES string of the molecule is COC(C(=O)N1CC2CNCC2C1(C)C)c1ccccc1. The van der Waals surface area contributed by atoms with Crippen LogP contribution in [0.15, 0.2) is 30.3 Å². The molecule has 4 nitrogen and oxygen atoms in total. The van der Waals surface area contributed by atoms with Crippen LogP contribution in [-0.2, 0) is 9.53 Å². The van der Waals surface area contributed by atoms with Gasteiger partial charge in [-0.1, -0.05) is 30.3 Å². The third kappa shape index (κ3) is 2.36. The smallest absolute Gasteiger partial charge is 0.256 e. The van der Waals surface area contributed by atoms with Gasteiger partial charge in [0, 0.05) is 32.3 Å². The first-order valence-electron chi connectivity index (χ1n) is 7.65. The van der Waals surface area contributed by atoms with Gasteiger partial charge in [-0.3, -0.25) is 4.79 Å². The fourth-order valence-corrected chi connectivity index (χ4v) is 3.94. The number of nitrogens with zero attached hydrogens (tertiary/aromatic N) is 1. The van der Waals surface area contributed by atoms with E-state index in [1.165, 1.54) is 0 Å². The second-order valence-corrected chi connectivity index (χ2v) is 6.65. The average Bonchev–Trinajstić information content (AvgIpc) is 3.03. The van der Waals surface area contributed by atoms with Crippen molar-refractivity contribution in [2.75, 3.05) is 26.7 Å². The highest BCUT2D eigenvalue weighted by Crippen LogP contribution is 2.42. The molecule has 3 rings (SSSR count). The van der Waals surface area contributed by atoms with Crippen LogP contribution in [0.2, 0.25) is 0 Å². The van der Waals surface area contributed by atoms with Crippen molar-refractivity contribution in [3.63, 3.8) is 0 Å². The summed E-state index contributed by atoms with van der Waals surface area (Å²) in [6.45, 7) is 7.21. The molecule has 2 heterocycles. The van der Waals surface area contributed by atoms with E-state index in [-0.39, 0.29) is 11.4 Å². The molecule has 0 bridgehead atoms. The van der Waals surface area contributed by atoms with E-state index in [0.29, 0.717) is 11.8 Å². The van der Waals surface area contributed by atoms with Crippen LogP contribution in [0.5, 0.6) is 0 Å². The number of benzene rings is 1. The van der Waals surface area contributed by atoms with Crippen LogP contribution in [-0.4, -0.2) is 43.1 Å². The number of amides is 1. The van der Waals surface area contributed by atoms with Gasteiger partial charge in [-0.15, -0.1) is 0 Å². The van der Waals surface area contributed by atoms with Crippen molar-refractivity contribution in [2.24, 2.45) is 11.8 Å². The van der Waals surface area contributed by atoms with Gasteiger partial charge in [-0.25, -0.2) is 0 Å². The predicted molar refractivity (Wildman–Crippen MR) is 81.8 cm³/mol. The second-order valence-electron chi connectivity index (χ2n) is 6.65. The van der Waals surface area contributed by atoms with Crippen molar-refractivity contribution in [3.8, 4) is 0 Å². The van der Waals surface area contributed by atoms with Crippen molar-refractivity contribution in [1.29, 1.82) is 0 Å². The Bertz CT molecular complexity index is 515. The Hall–Kier alpha value is -1.39. The minimum Gasteiger partial charge on any atom is -0.367 e.